The largest absolute Gasteiger partial charge is 0.458 e. The molecule has 0 aliphatic carbocycles. The summed E-state index contributed by atoms with van der Waals surface area (Å²) < 4.78 is 5.24. The zero-order chi connectivity index (χ0) is 15.5. The highest BCUT2D eigenvalue weighted by Gasteiger charge is 2.23. The molecule has 110 valence electrons. The first kappa shape index (κ1) is 16.2. The van der Waals surface area contributed by atoms with Crippen molar-refractivity contribution in [2.45, 2.75) is 53.2 Å². The quantitative estimate of drug-likeness (QED) is 0.864. The summed E-state index contributed by atoms with van der Waals surface area (Å²) in [5, 5.41) is 2.67. The first-order valence-corrected chi connectivity index (χ1v) is 6.71. The smallest absolute Gasteiger partial charge is 0.328 e. The third-order valence-corrected chi connectivity index (χ3v) is 2.75. The molecule has 0 aliphatic heterocycles. The molecule has 0 aromatic heterocycles. The van der Waals surface area contributed by atoms with Gasteiger partial charge in [0.15, 0.2) is 0 Å². The van der Waals surface area contributed by atoms with Crippen molar-refractivity contribution >= 4 is 11.9 Å². The topological polar surface area (TPSA) is 55.4 Å². The van der Waals surface area contributed by atoms with Crippen molar-refractivity contribution in [3.8, 4) is 0 Å². The fraction of sp³-hybridized carbons (Fsp3) is 0.500. The van der Waals surface area contributed by atoms with Crippen LogP contribution in [0.4, 0.5) is 0 Å². The third kappa shape index (κ3) is 4.68. The van der Waals surface area contributed by atoms with Gasteiger partial charge in [-0.1, -0.05) is 17.7 Å². The van der Waals surface area contributed by atoms with Gasteiger partial charge in [-0.05, 0) is 53.2 Å². The first-order chi connectivity index (χ1) is 9.10. The molecule has 1 amide bonds. The summed E-state index contributed by atoms with van der Waals surface area (Å²) in [6, 6.07) is 4.97. The van der Waals surface area contributed by atoms with Crippen molar-refractivity contribution in [2.24, 2.45) is 0 Å². The summed E-state index contributed by atoms with van der Waals surface area (Å²) in [6.07, 6.45) is 0. The molecule has 1 N–H and O–H groups in total. The molecule has 0 fully saturated rings. The number of benzene rings is 1. The number of carbonyl (C=O) groups is 2. The number of hydrogen-bond donors (Lipinski definition) is 1. The van der Waals surface area contributed by atoms with E-state index >= 15 is 0 Å². The zero-order valence-electron chi connectivity index (χ0n) is 13.0. The summed E-state index contributed by atoms with van der Waals surface area (Å²) in [6.45, 7) is 10.8. The minimum Gasteiger partial charge on any atom is -0.458 e. The van der Waals surface area contributed by atoms with Crippen LogP contribution in [0.3, 0.4) is 0 Å². The number of rotatable bonds is 3. The molecular formula is C16H23NO3. The van der Waals surface area contributed by atoms with E-state index in [1.165, 1.54) is 0 Å². The van der Waals surface area contributed by atoms with E-state index in [4.69, 9.17) is 4.74 Å². The number of esters is 1. The Balaban J connectivity index is 2.75. The second-order valence-electron chi connectivity index (χ2n) is 6.05. The number of aryl methyl sites for hydroxylation is 2. The van der Waals surface area contributed by atoms with E-state index in [1.807, 2.05) is 32.0 Å². The number of ether oxygens (including phenoxy) is 1. The lowest BCUT2D eigenvalue weighted by molar-refractivity contribution is -0.156. The van der Waals surface area contributed by atoms with Crippen LogP contribution in [0.15, 0.2) is 18.2 Å². The van der Waals surface area contributed by atoms with E-state index in [1.54, 1.807) is 27.7 Å². The molecular weight excluding hydrogens is 254 g/mol. The fourth-order valence-electron chi connectivity index (χ4n) is 1.70. The number of carbonyl (C=O) groups excluding carboxylic acids is 2. The lowest BCUT2D eigenvalue weighted by Gasteiger charge is -2.22. The molecule has 0 spiro atoms. The van der Waals surface area contributed by atoms with Gasteiger partial charge in [-0.2, -0.15) is 0 Å². The summed E-state index contributed by atoms with van der Waals surface area (Å²) in [4.78, 5) is 24.0. The Morgan fingerprint density at radius 3 is 2.35 bits per heavy atom. The standard InChI is InChI=1S/C16H23NO3/c1-10-7-8-11(2)13(9-10)14(18)17-12(3)15(19)20-16(4,5)6/h7-9,12H,1-6H3,(H,17,18)/t12-/m0/s1. The van der Waals surface area contributed by atoms with Gasteiger partial charge in [0.25, 0.3) is 5.91 Å². The van der Waals surface area contributed by atoms with Crippen LogP contribution >= 0.6 is 0 Å². The predicted octanol–water partition coefficient (Wildman–Crippen LogP) is 2.76. The highest BCUT2D eigenvalue weighted by atomic mass is 16.6. The second-order valence-corrected chi connectivity index (χ2v) is 6.05. The van der Waals surface area contributed by atoms with Gasteiger partial charge in [0, 0.05) is 5.56 Å². The molecule has 20 heavy (non-hydrogen) atoms. The van der Waals surface area contributed by atoms with Crippen LogP contribution in [0.25, 0.3) is 0 Å². The van der Waals surface area contributed by atoms with E-state index in [0.717, 1.165) is 11.1 Å². The highest BCUT2D eigenvalue weighted by molar-refractivity contribution is 5.98. The zero-order valence-corrected chi connectivity index (χ0v) is 13.0. The van der Waals surface area contributed by atoms with Crippen LogP contribution in [0.1, 0.15) is 49.2 Å². The number of amides is 1. The molecule has 1 atom stereocenters. The van der Waals surface area contributed by atoms with Crippen molar-refractivity contribution in [2.75, 3.05) is 0 Å². The van der Waals surface area contributed by atoms with Crippen LogP contribution in [0.2, 0.25) is 0 Å². The average Bonchev–Trinajstić information content (AvgIpc) is 2.29. The number of nitrogens with one attached hydrogen (secondary N) is 1. The van der Waals surface area contributed by atoms with Crippen molar-refractivity contribution < 1.29 is 14.3 Å². The summed E-state index contributed by atoms with van der Waals surface area (Å²) >= 11 is 0. The van der Waals surface area contributed by atoms with E-state index in [9.17, 15) is 9.59 Å². The Hall–Kier alpha value is -1.84. The summed E-state index contributed by atoms with van der Waals surface area (Å²) in [7, 11) is 0. The van der Waals surface area contributed by atoms with Crippen molar-refractivity contribution in [3.63, 3.8) is 0 Å². The highest BCUT2D eigenvalue weighted by Crippen LogP contribution is 2.12. The van der Waals surface area contributed by atoms with Crippen LogP contribution in [0.5, 0.6) is 0 Å². The minimum absolute atomic E-state index is 0.260. The molecule has 0 saturated heterocycles. The summed E-state index contributed by atoms with van der Waals surface area (Å²) in [5.41, 5.74) is 1.91. The van der Waals surface area contributed by atoms with Gasteiger partial charge >= 0.3 is 5.97 Å². The van der Waals surface area contributed by atoms with Gasteiger partial charge in [0.05, 0.1) is 0 Å². The molecule has 1 rings (SSSR count). The van der Waals surface area contributed by atoms with Gasteiger partial charge < -0.3 is 10.1 Å². The van der Waals surface area contributed by atoms with Crippen LogP contribution in [-0.4, -0.2) is 23.5 Å². The maximum Gasteiger partial charge on any atom is 0.328 e. The predicted molar refractivity (Wildman–Crippen MR) is 78.7 cm³/mol. The maximum atomic E-state index is 12.2. The van der Waals surface area contributed by atoms with E-state index in [0.29, 0.717) is 5.56 Å². The van der Waals surface area contributed by atoms with Crippen LogP contribution in [-0.2, 0) is 9.53 Å². The molecule has 0 unspecified atom stereocenters. The monoisotopic (exact) mass is 277 g/mol. The third-order valence-electron chi connectivity index (χ3n) is 2.75. The molecule has 0 saturated carbocycles. The maximum absolute atomic E-state index is 12.2. The van der Waals surface area contributed by atoms with Crippen LogP contribution < -0.4 is 5.32 Å². The number of hydrogen-bond acceptors (Lipinski definition) is 3. The average molecular weight is 277 g/mol. The molecule has 1 aromatic carbocycles. The minimum atomic E-state index is -0.679. The van der Waals surface area contributed by atoms with Crippen molar-refractivity contribution in [1.29, 1.82) is 0 Å². The Kier molecular flexibility index (Phi) is 4.93. The fourth-order valence-corrected chi connectivity index (χ4v) is 1.70. The summed E-state index contributed by atoms with van der Waals surface area (Å²) in [5.74, 6) is -0.694. The molecule has 0 aliphatic rings. The van der Waals surface area contributed by atoms with Crippen LogP contribution in [0, 0.1) is 13.8 Å². The lowest BCUT2D eigenvalue weighted by Crippen LogP contribution is -2.42. The van der Waals surface area contributed by atoms with E-state index < -0.39 is 17.6 Å². The molecule has 4 nitrogen and oxygen atoms in total. The van der Waals surface area contributed by atoms with Gasteiger partial charge in [-0.15, -0.1) is 0 Å². The van der Waals surface area contributed by atoms with E-state index in [-0.39, 0.29) is 5.91 Å². The van der Waals surface area contributed by atoms with Gasteiger partial charge in [0.1, 0.15) is 11.6 Å². The van der Waals surface area contributed by atoms with Gasteiger partial charge in [0.2, 0.25) is 0 Å². The van der Waals surface area contributed by atoms with Gasteiger partial charge in [-0.3, -0.25) is 4.79 Å². The van der Waals surface area contributed by atoms with Crippen molar-refractivity contribution in [3.05, 3.63) is 34.9 Å². The Morgan fingerprint density at radius 1 is 1.20 bits per heavy atom. The Labute approximate surface area is 120 Å². The van der Waals surface area contributed by atoms with E-state index in [2.05, 4.69) is 5.32 Å². The van der Waals surface area contributed by atoms with Crippen molar-refractivity contribution in [1.82, 2.24) is 5.32 Å². The molecule has 0 bridgehead atoms. The Bertz CT molecular complexity index is 515. The van der Waals surface area contributed by atoms with Gasteiger partial charge in [-0.25, -0.2) is 4.79 Å². The molecule has 1 aromatic rings. The SMILES string of the molecule is Cc1ccc(C)c(C(=O)N[C@@H](C)C(=O)OC(C)(C)C)c1. The first-order valence-electron chi connectivity index (χ1n) is 6.71. The Morgan fingerprint density at radius 2 is 1.80 bits per heavy atom. The second kappa shape index (κ2) is 6.07. The normalized spacial score (nSPS) is 12.7. The molecule has 0 radical (unpaired) electrons. The molecule has 0 heterocycles. The molecule has 4 heteroatoms. The lowest BCUT2D eigenvalue weighted by atomic mass is 10.0.